The summed E-state index contributed by atoms with van der Waals surface area (Å²) < 4.78 is 25.8. The molecule has 0 fully saturated rings. The van der Waals surface area contributed by atoms with Gasteiger partial charge >= 0.3 is 0 Å². The van der Waals surface area contributed by atoms with Crippen LogP contribution < -0.4 is 9.21 Å². The highest BCUT2D eigenvalue weighted by Gasteiger charge is 2.33. The average Bonchev–Trinajstić information content (AvgIpc) is 3.08. The third kappa shape index (κ3) is 4.43. The molecule has 160 valence electrons. The van der Waals surface area contributed by atoms with Gasteiger partial charge in [-0.3, -0.25) is 14.1 Å². The van der Waals surface area contributed by atoms with Crippen LogP contribution in [-0.4, -0.2) is 31.6 Å². The lowest BCUT2D eigenvalue weighted by Crippen LogP contribution is -2.34. The lowest BCUT2D eigenvalue weighted by molar-refractivity contribution is 0.0984. The minimum absolute atomic E-state index is 0.184. The molecule has 6 nitrogen and oxygen atoms in total. The van der Waals surface area contributed by atoms with Gasteiger partial charge in [0.05, 0.1) is 24.2 Å². The molecule has 4 rings (SSSR count). The molecular formula is C23H22ClN3O3S. The van der Waals surface area contributed by atoms with E-state index in [4.69, 9.17) is 11.6 Å². The summed E-state index contributed by atoms with van der Waals surface area (Å²) in [6.45, 7) is 2.16. The Morgan fingerprint density at radius 3 is 2.55 bits per heavy atom. The molecule has 0 N–H and O–H groups in total. The molecule has 2 heterocycles. The fourth-order valence-electron chi connectivity index (χ4n) is 3.95. The normalized spacial score (nSPS) is 15.6. The summed E-state index contributed by atoms with van der Waals surface area (Å²) in [5.41, 5.74) is 3.43. The largest absolute Gasteiger partial charge is 0.302 e. The number of sulfonamides is 1. The molecule has 0 bridgehead atoms. The maximum Gasteiger partial charge on any atom is 0.258 e. The number of anilines is 2. The summed E-state index contributed by atoms with van der Waals surface area (Å²) in [4.78, 5) is 19.5. The van der Waals surface area contributed by atoms with Gasteiger partial charge in [-0.15, -0.1) is 0 Å². The van der Waals surface area contributed by atoms with Crippen LogP contribution in [0, 0.1) is 0 Å². The predicted octanol–water partition coefficient (Wildman–Crippen LogP) is 4.29. The van der Waals surface area contributed by atoms with Gasteiger partial charge in [-0.05, 0) is 73.5 Å². The van der Waals surface area contributed by atoms with E-state index in [1.165, 1.54) is 10.6 Å². The van der Waals surface area contributed by atoms with Gasteiger partial charge in [-0.2, -0.15) is 0 Å². The summed E-state index contributed by atoms with van der Waals surface area (Å²) >= 11 is 6.03. The van der Waals surface area contributed by atoms with Crippen molar-refractivity contribution < 1.29 is 13.2 Å². The number of hydrogen-bond donors (Lipinski definition) is 0. The van der Waals surface area contributed by atoms with Crippen LogP contribution in [0.1, 0.15) is 28.5 Å². The van der Waals surface area contributed by atoms with Gasteiger partial charge in [0, 0.05) is 28.5 Å². The topological polar surface area (TPSA) is 70.6 Å². The van der Waals surface area contributed by atoms with Crippen LogP contribution in [0.25, 0.3) is 0 Å². The Balaban J connectivity index is 1.71. The molecule has 1 aliphatic heterocycles. The standard InChI is InChI=1S/C23H22ClN3O3S/c1-16-13-18-14-17(6-11-22(18)27(16)31(2,29)30)23(28)26(15-20-5-3-4-12-25-20)21-9-7-19(24)8-10-21/h3-12,14,16H,13,15H2,1-2H3. The maximum absolute atomic E-state index is 13.5. The second-order valence-electron chi connectivity index (χ2n) is 7.64. The van der Waals surface area contributed by atoms with Crippen molar-refractivity contribution in [1.82, 2.24) is 4.98 Å². The second-order valence-corrected chi connectivity index (χ2v) is 9.94. The molecule has 0 spiro atoms. The van der Waals surface area contributed by atoms with E-state index in [-0.39, 0.29) is 11.9 Å². The summed E-state index contributed by atoms with van der Waals surface area (Å²) in [7, 11) is -3.39. The molecule has 0 aliphatic carbocycles. The van der Waals surface area contributed by atoms with Crippen molar-refractivity contribution in [1.29, 1.82) is 0 Å². The number of carbonyl (C=O) groups excluding carboxylic acids is 1. The van der Waals surface area contributed by atoms with Crippen molar-refractivity contribution in [3.63, 3.8) is 0 Å². The van der Waals surface area contributed by atoms with E-state index in [0.29, 0.717) is 34.9 Å². The number of amides is 1. The van der Waals surface area contributed by atoms with Crippen LogP contribution in [0.3, 0.4) is 0 Å². The average molecular weight is 456 g/mol. The predicted molar refractivity (Wildman–Crippen MR) is 123 cm³/mol. The van der Waals surface area contributed by atoms with Crippen LogP contribution >= 0.6 is 11.6 Å². The Morgan fingerprint density at radius 2 is 1.90 bits per heavy atom. The lowest BCUT2D eigenvalue weighted by atomic mass is 10.1. The van der Waals surface area contributed by atoms with Crippen molar-refractivity contribution in [2.75, 3.05) is 15.5 Å². The number of carbonyl (C=O) groups is 1. The highest BCUT2D eigenvalue weighted by molar-refractivity contribution is 7.92. The van der Waals surface area contributed by atoms with Crippen molar-refractivity contribution in [2.24, 2.45) is 0 Å². The highest BCUT2D eigenvalue weighted by atomic mass is 35.5. The zero-order chi connectivity index (χ0) is 22.2. The molecule has 1 unspecified atom stereocenters. The summed E-state index contributed by atoms with van der Waals surface area (Å²) in [5.74, 6) is -0.193. The Bertz CT molecular complexity index is 1210. The minimum atomic E-state index is -3.39. The monoisotopic (exact) mass is 455 g/mol. The van der Waals surface area contributed by atoms with Crippen molar-refractivity contribution in [2.45, 2.75) is 25.9 Å². The Kier molecular flexibility index (Phi) is 5.73. The summed E-state index contributed by atoms with van der Waals surface area (Å²) in [5, 5.41) is 0.585. The van der Waals surface area contributed by atoms with Gasteiger partial charge in [0.15, 0.2) is 0 Å². The minimum Gasteiger partial charge on any atom is -0.302 e. The van der Waals surface area contributed by atoms with Gasteiger partial charge in [0.2, 0.25) is 10.0 Å². The van der Waals surface area contributed by atoms with E-state index in [9.17, 15) is 13.2 Å². The molecule has 1 aromatic heterocycles. The molecule has 1 amide bonds. The summed E-state index contributed by atoms with van der Waals surface area (Å²) in [6, 6.07) is 17.6. The Morgan fingerprint density at radius 1 is 1.16 bits per heavy atom. The number of rotatable bonds is 5. The second kappa shape index (κ2) is 8.32. The molecule has 8 heteroatoms. The van der Waals surface area contributed by atoms with Gasteiger partial charge in [-0.1, -0.05) is 17.7 Å². The van der Waals surface area contributed by atoms with E-state index in [1.54, 1.807) is 53.6 Å². The first kappa shape index (κ1) is 21.3. The van der Waals surface area contributed by atoms with Crippen LogP contribution in [0.5, 0.6) is 0 Å². The molecule has 1 aliphatic rings. The van der Waals surface area contributed by atoms with Crippen LogP contribution in [0.4, 0.5) is 11.4 Å². The van der Waals surface area contributed by atoms with Crippen molar-refractivity contribution in [3.8, 4) is 0 Å². The molecular weight excluding hydrogens is 434 g/mol. The number of benzene rings is 2. The highest BCUT2D eigenvalue weighted by Crippen LogP contribution is 2.35. The zero-order valence-electron chi connectivity index (χ0n) is 17.2. The third-order valence-corrected chi connectivity index (χ3v) is 6.79. The van der Waals surface area contributed by atoms with E-state index in [0.717, 1.165) is 11.3 Å². The van der Waals surface area contributed by atoms with Gasteiger partial charge in [0.1, 0.15) is 0 Å². The van der Waals surface area contributed by atoms with E-state index >= 15 is 0 Å². The molecule has 31 heavy (non-hydrogen) atoms. The molecule has 0 saturated carbocycles. The van der Waals surface area contributed by atoms with Crippen LogP contribution in [0.15, 0.2) is 66.9 Å². The number of halogens is 1. The number of nitrogens with zero attached hydrogens (tertiary/aromatic N) is 3. The molecule has 2 aromatic carbocycles. The first-order valence-corrected chi connectivity index (χ1v) is 12.1. The number of aromatic nitrogens is 1. The van der Waals surface area contributed by atoms with Gasteiger partial charge in [0.25, 0.3) is 5.91 Å². The van der Waals surface area contributed by atoms with Crippen molar-refractivity contribution >= 4 is 38.9 Å². The zero-order valence-corrected chi connectivity index (χ0v) is 18.8. The lowest BCUT2D eigenvalue weighted by Gasteiger charge is -2.24. The molecule has 3 aromatic rings. The van der Waals surface area contributed by atoms with Crippen molar-refractivity contribution in [3.05, 3.63) is 88.7 Å². The quantitative estimate of drug-likeness (QED) is 0.575. The maximum atomic E-state index is 13.5. The Labute approximate surface area is 187 Å². The SMILES string of the molecule is CC1Cc2cc(C(=O)N(Cc3ccccn3)c3ccc(Cl)cc3)ccc2N1S(C)(=O)=O. The number of pyridine rings is 1. The Hall–Kier alpha value is -2.90. The van der Waals surface area contributed by atoms with Gasteiger partial charge in [-0.25, -0.2) is 8.42 Å². The molecule has 0 radical (unpaired) electrons. The fraction of sp³-hybridized carbons (Fsp3) is 0.217. The van der Waals surface area contributed by atoms with Crippen LogP contribution in [-0.2, 0) is 23.0 Å². The number of hydrogen-bond acceptors (Lipinski definition) is 4. The molecule has 1 atom stereocenters. The number of fused-ring (bicyclic) bond motifs is 1. The molecule has 0 saturated heterocycles. The van der Waals surface area contributed by atoms with E-state index < -0.39 is 10.0 Å². The van der Waals surface area contributed by atoms with E-state index in [2.05, 4.69) is 4.98 Å². The smallest absolute Gasteiger partial charge is 0.258 e. The first-order valence-electron chi connectivity index (χ1n) is 9.84. The summed E-state index contributed by atoms with van der Waals surface area (Å²) in [6.07, 6.45) is 3.45. The van der Waals surface area contributed by atoms with Crippen LogP contribution in [0.2, 0.25) is 5.02 Å². The third-order valence-electron chi connectivity index (χ3n) is 5.27. The fourth-order valence-corrected chi connectivity index (χ4v) is 5.34. The first-order chi connectivity index (χ1) is 14.7. The van der Waals surface area contributed by atoms with Gasteiger partial charge < -0.3 is 4.90 Å². The van der Waals surface area contributed by atoms with E-state index in [1.807, 2.05) is 25.1 Å².